The molecule has 4 rings (SSSR count). The first-order valence-corrected chi connectivity index (χ1v) is 8.69. The topological polar surface area (TPSA) is 74.3 Å². The van der Waals surface area contributed by atoms with E-state index in [0.29, 0.717) is 22.5 Å². The number of anilines is 1. The molecule has 27 heavy (non-hydrogen) atoms. The van der Waals surface area contributed by atoms with Gasteiger partial charge in [-0.3, -0.25) is 9.59 Å². The van der Waals surface area contributed by atoms with Gasteiger partial charge in [0.2, 0.25) is 0 Å². The number of hydrogen-bond acceptors (Lipinski definition) is 4. The predicted octanol–water partition coefficient (Wildman–Crippen LogP) is 3.94. The van der Waals surface area contributed by atoms with Crippen LogP contribution >= 0.6 is 11.6 Å². The van der Waals surface area contributed by atoms with Crippen molar-refractivity contribution in [2.24, 2.45) is 0 Å². The zero-order valence-electron chi connectivity index (χ0n) is 14.1. The molecule has 132 valence electrons. The number of rotatable bonds is 2. The maximum atomic E-state index is 12.9. The van der Waals surface area contributed by atoms with E-state index >= 15 is 0 Å². The molecule has 0 saturated heterocycles. The lowest BCUT2D eigenvalue weighted by Crippen LogP contribution is -2.30. The van der Waals surface area contributed by atoms with Crippen molar-refractivity contribution in [3.05, 3.63) is 80.7 Å². The number of halogens is 1. The number of amides is 1. The van der Waals surface area contributed by atoms with Crippen LogP contribution in [0.4, 0.5) is 5.69 Å². The lowest BCUT2D eigenvalue weighted by Gasteiger charge is -2.16. The number of carbonyl (C=O) groups excluding carboxylic acids is 1. The fourth-order valence-corrected chi connectivity index (χ4v) is 3.38. The normalized spacial score (nSPS) is 13.5. The first kappa shape index (κ1) is 17.1. The summed E-state index contributed by atoms with van der Waals surface area (Å²) in [6.45, 7) is 0.499. The van der Waals surface area contributed by atoms with E-state index in [4.69, 9.17) is 16.0 Å². The zero-order valence-corrected chi connectivity index (χ0v) is 14.9. The van der Waals surface area contributed by atoms with Crippen molar-refractivity contribution in [3.8, 4) is 6.07 Å². The first-order chi connectivity index (χ1) is 13.1. The van der Waals surface area contributed by atoms with Gasteiger partial charge in [-0.25, -0.2) is 0 Å². The molecule has 1 aliphatic heterocycles. The fourth-order valence-electron chi connectivity index (χ4n) is 3.21. The summed E-state index contributed by atoms with van der Waals surface area (Å²) in [7, 11) is 0. The molecule has 0 unspecified atom stereocenters. The van der Waals surface area contributed by atoms with Crippen LogP contribution in [0, 0.1) is 11.3 Å². The lowest BCUT2D eigenvalue weighted by atomic mass is 10.1. The summed E-state index contributed by atoms with van der Waals surface area (Å²) in [5, 5.41) is 10.2. The van der Waals surface area contributed by atoms with Gasteiger partial charge in [0.25, 0.3) is 5.91 Å². The van der Waals surface area contributed by atoms with Crippen LogP contribution in [0.1, 0.15) is 11.1 Å². The quantitative estimate of drug-likeness (QED) is 0.501. The van der Waals surface area contributed by atoms with Crippen LogP contribution in [-0.2, 0) is 11.2 Å². The Morgan fingerprint density at radius 2 is 2.07 bits per heavy atom. The Labute approximate surface area is 159 Å². The molecule has 3 aromatic rings. The molecule has 0 N–H and O–H groups in total. The number of nitriles is 1. The van der Waals surface area contributed by atoms with E-state index < -0.39 is 5.91 Å². The third kappa shape index (κ3) is 3.01. The number of para-hydroxylation sites is 1. The van der Waals surface area contributed by atoms with Gasteiger partial charge in [0.15, 0.2) is 5.43 Å². The molecule has 0 radical (unpaired) electrons. The molecule has 0 bridgehead atoms. The number of hydrogen-bond donors (Lipinski definition) is 0. The summed E-state index contributed by atoms with van der Waals surface area (Å²) in [6, 6.07) is 14.2. The third-order valence-electron chi connectivity index (χ3n) is 4.54. The first-order valence-electron chi connectivity index (χ1n) is 8.31. The van der Waals surface area contributed by atoms with Gasteiger partial charge in [-0.1, -0.05) is 29.8 Å². The molecule has 2 aromatic carbocycles. The van der Waals surface area contributed by atoms with Crippen LogP contribution in [0.2, 0.25) is 5.02 Å². The Hall–Kier alpha value is -3.36. The standard InChI is InChI=1S/C21H13ClN2O3/c22-16-5-6-19-17(10-16)20(25)15(12-27-19)9-14(11-23)21(26)24-8-7-13-3-1-2-4-18(13)24/h1-6,9-10,12H,7-8H2. The lowest BCUT2D eigenvalue weighted by molar-refractivity contribution is -0.114. The minimum Gasteiger partial charge on any atom is -0.463 e. The minimum atomic E-state index is -0.437. The highest BCUT2D eigenvalue weighted by atomic mass is 35.5. The van der Waals surface area contributed by atoms with E-state index in [-0.39, 0.29) is 16.6 Å². The molecule has 0 aliphatic carbocycles. The summed E-state index contributed by atoms with van der Waals surface area (Å²) < 4.78 is 5.45. The van der Waals surface area contributed by atoms with Crippen LogP contribution in [0.15, 0.2) is 63.5 Å². The van der Waals surface area contributed by atoms with Gasteiger partial charge in [-0.05, 0) is 42.3 Å². The minimum absolute atomic E-state index is 0.125. The van der Waals surface area contributed by atoms with Gasteiger partial charge < -0.3 is 9.32 Å². The summed E-state index contributed by atoms with van der Waals surface area (Å²) >= 11 is 5.95. The summed E-state index contributed by atoms with van der Waals surface area (Å²) in [5.74, 6) is -0.437. The Morgan fingerprint density at radius 1 is 1.26 bits per heavy atom. The number of fused-ring (bicyclic) bond motifs is 2. The fraction of sp³-hybridized carbons (Fsp3) is 0.0952. The van der Waals surface area contributed by atoms with Crippen molar-refractivity contribution in [2.45, 2.75) is 6.42 Å². The molecular formula is C21H13ClN2O3. The number of benzene rings is 2. The molecule has 1 aliphatic rings. The van der Waals surface area contributed by atoms with Crippen molar-refractivity contribution in [2.75, 3.05) is 11.4 Å². The average Bonchev–Trinajstić information content (AvgIpc) is 3.11. The molecule has 0 spiro atoms. The summed E-state index contributed by atoms with van der Waals surface area (Å²) in [6.07, 6.45) is 3.26. The van der Waals surface area contributed by atoms with Crippen LogP contribution in [-0.4, -0.2) is 12.5 Å². The van der Waals surface area contributed by atoms with Gasteiger partial charge in [0.1, 0.15) is 23.5 Å². The Balaban J connectivity index is 1.75. The molecule has 2 heterocycles. The second kappa shape index (κ2) is 6.75. The van der Waals surface area contributed by atoms with Gasteiger partial charge >= 0.3 is 0 Å². The summed E-state index contributed by atoms with van der Waals surface area (Å²) in [4.78, 5) is 27.1. The van der Waals surface area contributed by atoms with Crippen molar-refractivity contribution in [1.29, 1.82) is 5.26 Å². The predicted molar refractivity (Wildman–Crippen MR) is 104 cm³/mol. The van der Waals surface area contributed by atoms with Crippen LogP contribution < -0.4 is 10.3 Å². The van der Waals surface area contributed by atoms with Gasteiger partial charge in [-0.15, -0.1) is 0 Å². The van der Waals surface area contributed by atoms with E-state index in [1.54, 1.807) is 17.0 Å². The van der Waals surface area contributed by atoms with E-state index in [2.05, 4.69) is 0 Å². The SMILES string of the molecule is N#CC(=Cc1coc2ccc(Cl)cc2c1=O)C(=O)N1CCc2ccccc21. The molecular weight excluding hydrogens is 364 g/mol. The highest BCUT2D eigenvalue weighted by Crippen LogP contribution is 2.29. The summed E-state index contributed by atoms with van der Waals surface area (Å²) in [5.41, 5.74) is 1.90. The maximum absolute atomic E-state index is 12.9. The maximum Gasteiger partial charge on any atom is 0.268 e. The van der Waals surface area contributed by atoms with E-state index in [9.17, 15) is 14.9 Å². The molecule has 1 amide bonds. The van der Waals surface area contributed by atoms with Crippen LogP contribution in [0.3, 0.4) is 0 Å². The molecule has 0 atom stereocenters. The van der Waals surface area contributed by atoms with E-state index in [1.165, 1.54) is 18.4 Å². The Kier molecular flexibility index (Phi) is 4.27. The Morgan fingerprint density at radius 3 is 2.89 bits per heavy atom. The number of nitrogens with zero attached hydrogens (tertiary/aromatic N) is 2. The van der Waals surface area contributed by atoms with Crippen LogP contribution in [0.25, 0.3) is 17.0 Å². The highest BCUT2D eigenvalue weighted by Gasteiger charge is 2.26. The Bertz CT molecular complexity index is 1200. The molecule has 6 heteroatoms. The van der Waals surface area contributed by atoms with Gasteiger partial charge in [0, 0.05) is 17.3 Å². The second-order valence-corrected chi connectivity index (χ2v) is 6.60. The monoisotopic (exact) mass is 376 g/mol. The third-order valence-corrected chi connectivity index (χ3v) is 4.78. The molecule has 5 nitrogen and oxygen atoms in total. The van der Waals surface area contributed by atoms with Gasteiger partial charge in [-0.2, -0.15) is 5.26 Å². The molecule has 1 aromatic heterocycles. The van der Waals surface area contributed by atoms with E-state index in [0.717, 1.165) is 17.7 Å². The zero-order chi connectivity index (χ0) is 19.0. The second-order valence-electron chi connectivity index (χ2n) is 6.17. The van der Waals surface area contributed by atoms with Crippen molar-refractivity contribution >= 4 is 40.2 Å². The van der Waals surface area contributed by atoms with Crippen molar-refractivity contribution < 1.29 is 9.21 Å². The highest BCUT2D eigenvalue weighted by molar-refractivity contribution is 6.31. The van der Waals surface area contributed by atoms with Crippen LogP contribution in [0.5, 0.6) is 0 Å². The molecule has 0 fully saturated rings. The van der Waals surface area contributed by atoms with Gasteiger partial charge in [0.05, 0.1) is 10.9 Å². The van der Waals surface area contributed by atoms with Crippen molar-refractivity contribution in [1.82, 2.24) is 0 Å². The average molecular weight is 377 g/mol. The largest absolute Gasteiger partial charge is 0.463 e. The number of carbonyl (C=O) groups is 1. The molecule has 0 saturated carbocycles. The smallest absolute Gasteiger partial charge is 0.268 e. The van der Waals surface area contributed by atoms with E-state index in [1.807, 2.05) is 30.3 Å². The van der Waals surface area contributed by atoms with Crippen molar-refractivity contribution in [3.63, 3.8) is 0 Å².